The van der Waals surface area contributed by atoms with E-state index in [9.17, 15) is 4.79 Å². The lowest BCUT2D eigenvalue weighted by Crippen LogP contribution is -2.40. The van der Waals surface area contributed by atoms with Gasteiger partial charge in [0, 0.05) is 6.54 Å². The van der Waals surface area contributed by atoms with Gasteiger partial charge in [0.15, 0.2) is 5.96 Å². The number of guanidine groups is 1. The van der Waals surface area contributed by atoms with Crippen LogP contribution in [0, 0.1) is 5.41 Å². The van der Waals surface area contributed by atoms with E-state index in [2.05, 4.69) is 13.5 Å². The molecule has 0 aliphatic rings. The lowest BCUT2D eigenvalue weighted by atomic mass is 10.2. The van der Waals surface area contributed by atoms with Gasteiger partial charge in [0.1, 0.15) is 6.54 Å². The van der Waals surface area contributed by atoms with Gasteiger partial charge in [-0.1, -0.05) is 38.7 Å². The molecule has 0 spiro atoms. The molecule has 0 aromatic rings. The molecule has 5 nitrogen and oxygen atoms in total. The van der Waals surface area contributed by atoms with E-state index in [4.69, 9.17) is 15.9 Å². The summed E-state index contributed by atoms with van der Waals surface area (Å²) in [6.07, 6.45) is 7.20. The fourth-order valence-corrected chi connectivity index (χ4v) is 1.50. The molecule has 0 unspecified atom stereocenters. The number of carbonyl (C=O) groups is 1. The Morgan fingerprint density at radius 1 is 1.39 bits per heavy atom. The van der Waals surface area contributed by atoms with Crippen molar-refractivity contribution >= 4 is 11.9 Å². The van der Waals surface area contributed by atoms with Gasteiger partial charge < -0.3 is 15.4 Å². The number of nitrogens with zero attached hydrogens (tertiary/aromatic N) is 1. The number of hydrogen-bond acceptors (Lipinski definition) is 3. The molecule has 0 aromatic heterocycles. The van der Waals surface area contributed by atoms with Crippen molar-refractivity contribution in [3.05, 3.63) is 12.7 Å². The summed E-state index contributed by atoms with van der Waals surface area (Å²) in [5.41, 5.74) is 5.33. The molecule has 0 rings (SSSR count). The van der Waals surface area contributed by atoms with Gasteiger partial charge in [-0.05, 0) is 6.42 Å². The van der Waals surface area contributed by atoms with Gasteiger partial charge >= 0.3 is 5.97 Å². The first-order chi connectivity index (χ1) is 8.61. The highest BCUT2D eigenvalue weighted by molar-refractivity contribution is 5.81. The smallest absolute Gasteiger partial charge is 0.325 e. The highest BCUT2D eigenvalue weighted by atomic mass is 16.5. The van der Waals surface area contributed by atoms with Gasteiger partial charge in [-0.25, -0.2) is 0 Å². The highest BCUT2D eigenvalue weighted by Gasteiger charge is 2.11. The molecule has 3 N–H and O–H groups in total. The van der Waals surface area contributed by atoms with E-state index in [1.807, 2.05) is 0 Å². The van der Waals surface area contributed by atoms with Crippen molar-refractivity contribution in [1.29, 1.82) is 5.41 Å². The first kappa shape index (κ1) is 16.5. The quantitative estimate of drug-likeness (QED) is 0.205. The third-order valence-electron chi connectivity index (χ3n) is 2.52. The summed E-state index contributed by atoms with van der Waals surface area (Å²) >= 11 is 0. The van der Waals surface area contributed by atoms with Gasteiger partial charge in [-0.15, -0.1) is 6.58 Å². The molecule has 0 aliphatic heterocycles. The van der Waals surface area contributed by atoms with Crippen molar-refractivity contribution in [2.75, 3.05) is 19.7 Å². The number of unbranched alkanes of at least 4 members (excludes halogenated alkanes) is 4. The van der Waals surface area contributed by atoms with E-state index < -0.39 is 0 Å². The standard InChI is InChI=1S/C13H25N3O2/c1-3-5-6-7-8-10-18-12(17)11-16(9-4-2)13(14)15/h4H,2-3,5-11H2,1H3,(H3,14,15). The average molecular weight is 255 g/mol. The van der Waals surface area contributed by atoms with E-state index in [0.29, 0.717) is 13.2 Å². The van der Waals surface area contributed by atoms with Crippen molar-refractivity contribution in [2.24, 2.45) is 5.73 Å². The number of nitrogens with two attached hydrogens (primary N) is 1. The number of nitrogens with one attached hydrogen (secondary N) is 1. The Bertz CT molecular complexity index is 267. The van der Waals surface area contributed by atoms with Gasteiger partial charge in [0.05, 0.1) is 6.61 Å². The van der Waals surface area contributed by atoms with Crippen molar-refractivity contribution in [3.8, 4) is 0 Å². The lowest BCUT2D eigenvalue weighted by molar-refractivity contribution is -0.144. The number of carbonyl (C=O) groups excluding carboxylic acids is 1. The topological polar surface area (TPSA) is 79.4 Å². The van der Waals surface area contributed by atoms with Crippen LogP contribution < -0.4 is 5.73 Å². The third-order valence-corrected chi connectivity index (χ3v) is 2.52. The van der Waals surface area contributed by atoms with Crippen LogP contribution in [0.4, 0.5) is 0 Å². The first-order valence-corrected chi connectivity index (χ1v) is 6.47. The van der Waals surface area contributed by atoms with E-state index in [-0.39, 0.29) is 18.5 Å². The summed E-state index contributed by atoms with van der Waals surface area (Å²) < 4.78 is 5.08. The molecule has 104 valence electrons. The second kappa shape index (κ2) is 10.6. The lowest BCUT2D eigenvalue weighted by Gasteiger charge is -2.19. The Morgan fingerprint density at radius 2 is 2.06 bits per heavy atom. The van der Waals surface area contributed by atoms with E-state index in [1.54, 1.807) is 6.08 Å². The maximum absolute atomic E-state index is 11.5. The van der Waals surface area contributed by atoms with Crippen molar-refractivity contribution in [2.45, 2.75) is 39.0 Å². The monoisotopic (exact) mass is 255 g/mol. The highest BCUT2D eigenvalue weighted by Crippen LogP contribution is 2.02. The van der Waals surface area contributed by atoms with Crippen LogP contribution in [0.5, 0.6) is 0 Å². The Hall–Kier alpha value is -1.52. The van der Waals surface area contributed by atoms with E-state index in [1.165, 1.54) is 24.2 Å². The molecule has 5 heteroatoms. The molecule has 0 radical (unpaired) electrons. The predicted octanol–water partition coefficient (Wildman–Crippen LogP) is 1.88. The molecule has 0 heterocycles. The first-order valence-electron chi connectivity index (χ1n) is 6.47. The Morgan fingerprint density at radius 3 is 2.61 bits per heavy atom. The van der Waals surface area contributed by atoms with Crippen molar-refractivity contribution in [1.82, 2.24) is 4.90 Å². The summed E-state index contributed by atoms with van der Waals surface area (Å²) in [6.45, 7) is 6.54. The minimum absolute atomic E-state index is 0.0102. The molecule has 0 atom stereocenters. The molecule has 0 saturated carbocycles. The molecular weight excluding hydrogens is 230 g/mol. The summed E-state index contributed by atoms with van der Waals surface area (Å²) in [5.74, 6) is -0.489. The molecule has 0 amide bonds. The van der Waals surface area contributed by atoms with Crippen LogP contribution in [0.15, 0.2) is 12.7 Å². The normalized spacial score (nSPS) is 9.83. The zero-order valence-electron chi connectivity index (χ0n) is 11.3. The second-order valence-corrected chi connectivity index (χ2v) is 4.19. The number of rotatable bonds is 10. The minimum Gasteiger partial charge on any atom is -0.464 e. The fourth-order valence-electron chi connectivity index (χ4n) is 1.50. The van der Waals surface area contributed by atoms with Gasteiger partial charge in [-0.2, -0.15) is 0 Å². The number of ether oxygens (including phenoxy) is 1. The number of esters is 1. The maximum Gasteiger partial charge on any atom is 0.325 e. The van der Waals surface area contributed by atoms with Crippen LogP contribution in [-0.2, 0) is 9.53 Å². The Kier molecular flexibility index (Phi) is 9.73. The van der Waals surface area contributed by atoms with Crippen molar-refractivity contribution in [3.63, 3.8) is 0 Å². The van der Waals surface area contributed by atoms with Crippen LogP contribution in [0.2, 0.25) is 0 Å². The van der Waals surface area contributed by atoms with Crippen LogP contribution >= 0.6 is 0 Å². The molecule has 0 aromatic carbocycles. The Balaban J connectivity index is 3.68. The summed E-state index contributed by atoms with van der Waals surface area (Å²) in [4.78, 5) is 12.9. The summed E-state index contributed by atoms with van der Waals surface area (Å²) in [6, 6.07) is 0. The van der Waals surface area contributed by atoms with Crippen LogP contribution in [0.3, 0.4) is 0 Å². The Labute approximate surface area is 109 Å². The summed E-state index contributed by atoms with van der Waals surface area (Å²) in [7, 11) is 0. The zero-order chi connectivity index (χ0) is 13.8. The summed E-state index contributed by atoms with van der Waals surface area (Å²) in [5, 5.41) is 7.29. The molecule has 0 bridgehead atoms. The molecule has 18 heavy (non-hydrogen) atoms. The van der Waals surface area contributed by atoms with Crippen molar-refractivity contribution < 1.29 is 9.53 Å². The number of hydrogen-bond donors (Lipinski definition) is 2. The SMILES string of the molecule is C=CCN(CC(=O)OCCCCCCC)C(=N)N. The average Bonchev–Trinajstić information content (AvgIpc) is 2.33. The molecule has 0 saturated heterocycles. The van der Waals surface area contributed by atoms with Gasteiger partial charge in [0.2, 0.25) is 0 Å². The fraction of sp³-hybridized carbons (Fsp3) is 0.692. The van der Waals surface area contributed by atoms with E-state index in [0.717, 1.165) is 12.8 Å². The van der Waals surface area contributed by atoms with Crippen LogP contribution in [-0.4, -0.2) is 36.5 Å². The van der Waals surface area contributed by atoms with Gasteiger partial charge in [0.25, 0.3) is 0 Å². The second-order valence-electron chi connectivity index (χ2n) is 4.19. The third kappa shape index (κ3) is 8.61. The van der Waals surface area contributed by atoms with Crippen LogP contribution in [0.1, 0.15) is 39.0 Å². The van der Waals surface area contributed by atoms with Crippen LogP contribution in [0.25, 0.3) is 0 Å². The van der Waals surface area contributed by atoms with E-state index >= 15 is 0 Å². The molecule has 0 fully saturated rings. The minimum atomic E-state index is -0.345. The predicted molar refractivity (Wildman–Crippen MR) is 73.4 cm³/mol. The van der Waals surface area contributed by atoms with Gasteiger partial charge in [-0.3, -0.25) is 10.2 Å². The molecule has 0 aliphatic carbocycles. The zero-order valence-corrected chi connectivity index (χ0v) is 11.3. The maximum atomic E-state index is 11.5. The molecular formula is C13H25N3O2. The largest absolute Gasteiger partial charge is 0.464 e.